The van der Waals surface area contributed by atoms with Crippen LogP contribution in [0.3, 0.4) is 0 Å². The summed E-state index contributed by atoms with van der Waals surface area (Å²) in [4.78, 5) is 32.8. The second kappa shape index (κ2) is 13.8. The summed E-state index contributed by atoms with van der Waals surface area (Å²) in [5, 5.41) is 11.9. The van der Waals surface area contributed by atoms with E-state index < -0.39 is 5.97 Å². The van der Waals surface area contributed by atoms with Crippen molar-refractivity contribution >= 4 is 33.7 Å². The van der Waals surface area contributed by atoms with Gasteiger partial charge in [-0.1, -0.05) is 37.5 Å². The first kappa shape index (κ1) is 32.5. The zero-order chi connectivity index (χ0) is 34.1. The number of carbonyl (C=O) groups is 2. The lowest BCUT2D eigenvalue weighted by molar-refractivity contribution is -0.135. The van der Waals surface area contributed by atoms with Gasteiger partial charge in [0, 0.05) is 29.4 Å². The van der Waals surface area contributed by atoms with Crippen LogP contribution in [0.15, 0.2) is 60.7 Å². The predicted octanol–water partition coefficient (Wildman–Crippen LogP) is 7.15. The third-order valence-electron chi connectivity index (χ3n) is 9.96. The fourth-order valence-electron chi connectivity index (χ4n) is 7.56. The van der Waals surface area contributed by atoms with Gasteiger partial charge in [0.05, 0.1) is 62.5 Å². The number of carboxylic acids is 1. The number of benzene rings is 3. The smallest absolute Gasteiger partial charge is 0.335 e. The number of aromatic nitrogens is 2. The molecule has 2 aromatic heterocycles. The van der Waals surface area contributed by atoms with Crippen molar-refractivity contribution in [1.29, 1.82) is 0 Å². The molecule has 1 saturated heterocycles. The van der Waals surface area contributed by atoms with Crippen molar-refractivity contribution in [3.05, 3.63) is 71.8 Å². The lowest BCUT2D eigenvalue weighted by Crippen LogP contribution is -2.42. The SMILES string of the molecule is COc1ccc(-c2ccc3cc(-c4c(C5CCCCC5)c5ccc(C(=O)O)cc5n4CC(=O)N4CCOCC4)ccc3n2)c(OC)c1OC. The number of rotatable bonds is 9. The van der Waals surface area contributed by atoms with Gasteiger partial charge < -0.3 is 33.5 Å². The summed E-state index contributed by atoms with van der Waals surface area (Å²) in [6.07, 6.45) is 5.59. The van der Waals surface area contributed by atoms with Gasteiger partial charge in [-0.05, 0) is 72.4 Å². The van der Waals surface area contributed by atoms with Crippen molar-refractivity contribution in [1.82, 2.24) is 14.5 Å². The summed E-state index contributed by atoms with van der Waals surface area (Å²) in [7, 11) is 4.77. The van der Waals surface area contributed by atoms with Gasteiger partial charge in [-0.3, -0.25) is 4.79 Å². The third kappa shape index (κ3) is 6.05. The molecular formula is C39H41N3O7. The minimum Gasteiger partial charge on any atom is -0.493 e. The molecule has 3 aromatic carbocycles. The molecule has 0 spiro atoms. The summed E-state index contributed by atoms with van der Waals surface area (Å²) in [5.41, 5.74) is 6.42. The van der Waals surface area contributed by atoms with Crippen LogP contribution in [0.5, 0.6) is 17.2 Å². The van der Waals surface area contributed by atoms with Crippen LogP contribution in [0.25, 0.3) is 44.3 Å². The maximum absolute atomic E-state index is 13.8. The maximum Gasteiger partial charge on any atom is 0.335 e. The molecule has 2 aliphatic rings. The van der Waals surface area contributed by atoms with E-state index in [4.69, 9.17) is 23.9 Å². The number of carbonyl (C=O) groups excluding carboxylic acids is 1. The molecule has 1 N–H and O–H groups in total. The molecule has 3 heterocycles. The molecule has 10 nitrogen and oxygen atoms in total. The zero-order valence-corrected chi connectivity index (χ0v) is 28.2. The first-order chi connectivity index (χ1) is 23.9. The second-order valence-electron chi connectivity index (χ2n) is 12.7. The fraction of sp³-hybridized carbons (Fsp3) is 0.359. The van der Waals surface area contributed by atoms with E-state index in [1.165, 1.54) is 12.0 Å². The van der Waals surface area contributed by atoms with Crippen molar-refractivity contribution < 1.29 is 33.6 Å². The van der Waals surface area contributed by atoms with E-state index in [1.54, 1.807) is 33.5 Å². The monoisotopic (exact) mass is 663 g/mol. The molecule has 0 bridgehead atoms. The van der Waals surface area contributed by atoms with Gasteiger partial charge in [0.2, 0.25) is 11.7 Å². The number of methoxy groups -OCH3 is 3. The van der Waals surface area contributed by atoms with Crippen LogP contribution in [0.1, 0.15) is 53.9 Å². The van der Waals surface area contributed by atoms with Gasteiger partial charge in [0.15, 0.2) is 11.5 Å². The molecule has 254 valence electrons. The topological polar surface area (TPSA) is 112 Å². The highest BCUT2D eigenvalue weighted by atomic mass is 16.5. The van der Waals surface area contributed by atoms with E-state index in [9.17, 15) is 14.7 Å². The number of pyridine rings is 1. The van der Waals surface area contributed by atoms with Gasteiger partial charge in [-0.2, -0.15) is 0 Å². The van der Waals surface area contributed by atoms with E-state index in [1.807, 2.05) is 41.3 Å². The van der Waals surface area contributed by atoms with Crippen molar-refractivity contribution in [2.45, 2.75) is 44.6 Å². The number of hydrogen-bond acceptors (Lipinski definition) is 7. The van der Waals surface area contributed by atoms with Gasteiger partial charge in [-0.15, -0.1) is 0 Å². The summed E-state index contributed by atoms with van der Waals surface area (Å²) < 4.78 is 24.4. The Kier molecular flexibility index (Phi) is 9.14. The number of carboxylic acid groups (broad SMARTS) is 1. The molecule has 1 saturated carbocycles. The molecule has 1 aliphatic carbocycles. The molecule has 0 radical (unpaired) electrons. The number of amides is 1. The molecule has 2 fully saturated rings. The lowest BCUT2D eigenvalue weighted by Gasteiger charge is -2.28. The van der Waals surface area contributed by atoms with Gasteiger partial charge in [0.25, 0.3) is 0 Å². The minimum atomic E-state index is -0.992. The number of ether oxygens (including phenoxy) is 4. The standard InChI is InChI=1S/C39H41N3O7/c1-46-33-16-13-28(37(47-2)38(33)48-3)31-15-10-25-21-26(11-14-30(25)40-31)36-35(24-7-5-4-6-8-24)29-12-9-27(39(44)45)22-32(29)42(36)23-34(43)41-17-19-49-20-18-41/h9-16,21-22,24H,4-8,17-20,23H2,1-3H3,(H,44,45). The van der Waals surface area contributed by atoms with Crippen molar-refractivity contribution in [3.63, 3.8) is 0 Å². The normalized spacial score (nSPS) is 15.4. The molecule has 0 atom stereocenters. The van der Waals surface area contributed by atoms with E-state index in [-0.39, 0.29) is 18.0 Å². The first-order valence-corrected chi connectivity index (χ1v) is 16.9. The predicted molar refractivity (Wildman–Crippen MR) is 188 cm³/mol. The highest BCUT2D eigenvalue weighted by Crippen LogP contribution is 2.46. The van der Waals surface area contributed by atoms with Crippen LogP contribution in [0, 0.1) is 0 Å². The maximum atomic E-state index is 13.8. The van der Waals surface area contributed by atoms with Crippen LogP contribution >= 0.6 is 0 Å². The number of hydrogen-bond donors (Lipinski definition) is 1. The molecule has 5 aromatic rings. The van der Waals surface area contributed by atoms with Crippen molar-refractivity contribution in [2.75, 3.05) is 47.6 Å². The summed E-state index contributed by atoms with van der Waals surface area (Å²) in [5.74, 6) is 0.913. The Bertz CT molecular complexity index is 2040. The van der Waals surface area contributed by atoms with Gasteiger partial charge in [-0.25, -0.2) is 9.78 Å². The highest BCUT2D eigenvalue weighted by Gasteiger charge is 2.29. The largest absolute Gasteiger partial charge is 0.493 e. The molecule has 0 unspecified atom stereocenters. The molecule has 7 rings (SSSR count). The molecule has 49 heavy (non-hydrogen) atoms. The van der Waals surface area contributed by atoms with E-state index in [0.29, 0.717) is 49.5 Å². The fourth-order valence-corrected chi connectivity index (χ4v) is 7.56. The van der Waals surface area contributed by atoms with Crippen LogP contribution in [0.4, 0.5) is 0 Å². The Balaban J connectivity index is 1.39. The Morgan fingerprint density at radius 2 is 1.65 bits per heavy atom. The highest BCUT2D eigenvalue weighted by molar-refractivity contribution is 6.00. The van der Waals surface area contributed by atoms with E-state index in [2.05, 4.69) is 16.7 Å². The van der Waals surface area contributed by atoms with Crippen LogP contribution in [0.2, 0.25) is 0 Å². The van der Waals surface area contributed by atoms with Crippen LogP contribution in [-0.4, -0.2) is 79.1 Å². The molecule has 1 aliphatic heterocycles. The quantitative estimate of drug-likeness (QED) is 0.177. The number of morpholine rings is 1. The van der Waals surface area contributed by atoms with E-state index in [0.717, 1.165) is 70.0 Å². The Labute approximate surface area is 285 Å². The summed E-state index contributed by atoms with van der Waals surface area (Å²) in [6.45, 7) is 2.21. The minimum absolute atomic E-state index is 0.00617. The summed E-state index contributed by atoms with van der Waals surface area (Å²) >= 11 is 0. The van der Waals surface area contributed by atoms with E-state index >= 15 is 0 Å². The molecule has 1 amide bonds. The zero-order valence-electron chi connectivity index (χ0n) is 28.2. The number of nitrogens with zero attached hydrogens (tertiary/aromatic N) is 3. The first-order valence-electron chi connectivity index (χ1n) is 16.9. The average Bonchev–Trinajstić information content (AvgIpc) is 3.47. The average molecular weight is 664 g/mol. The van der Waals surface area contributed by atoms with Crippen molar-refractivity contribution in [2.24, 2.45) is 0 Å². The van der Waals surface area contributed by atoms with Gasteiger partial charge in [0.1, 0.15) is 6.54 Å². The Morgan fingerprint density at radius 1 is 0.878 bits per heavy atom. The van der Waals surface area contributed by atoms with Gasteiger partial charge >= 0.3 is 5.97 Å². The number of aromatic carboxylic acids is 1. The van der Waals surface area contributed by atoms with Crippen LogP contribution < -0.4 is 14.2 Å². The third-order valence-corrected chi connectivity index (χ3v) is 9.96. The summed E-state index contributed by atoms with van der Waals surface area (Å²) in [6, 6.07) is 19.3. The lowest BCUT2D eigenvalue weighted by atomic mass is 9.81. The van der Waals surface area contributed by atoms with Crippen LogP contribution in [-0.2, 0) is 16.1 Å². The van der Waals surface area contributed by atoms with Crippen molar-refractivity contribution in [3.8, 4) is 39.8 Å². The molecule has 10 heteroatoms. The second-order valence-corrected chi connectivity index (χ2v) is 12.7. The number of fused-ring (bicyclic) bond motifs is 2. The molecular weight excluding hydrogens is 622 g/mol. The Morgan fingerprint density at radius 3 is 2.37 bits per heavy atom. The Hall–Kier alpha value is -5.09.